The van der Waals surface area contributed by atoms with Gasteiger partial charge >= 0.3 is 0 Å². The smallest absolute Gasteiger partial charge is 0.191 e. The minimum Gasteiger partial charge on any atom is -0.497 e. The van der Waals surface area contributed by atoms with Crippen molar-refractivity contribution in [3.8, 4) is 11.5 Å². The molecule has 0 unspecified atom stereocenters. The van der Waals surface area contributed by atoms with E-state index in [9.17, 15) is 0 Å². The monoisotopic (exact) mass is 293 g/mol. The van der Waals surface area contributed by atoms with E-state index in [1.807, 2.05) is 24.3 Å². The lowest BCUT2D eigenvalue weighted by Crippen LogP contribution is -2.39. The van der Waals surface area contributed by atoms with Crippen molar-refractivity contribution in [1.82, 2.24) is 10.6 Å². The van der Waals surface area contributed by atoms with Crippen molar-refractivity contribution in [3.63, 3.8) is 0 Å². The summed E-state index contributed by atoms with van der Waals surface area (Å²) in [6.45, 7) is 9.28. The molecule has 0 radical (unpaired) electrons. The molecule has 0 aromatic heterocycles. The number of hydrogen-bond donors (Lipinski definition) is 2. The quantitative estimate of drug-likeness (QED) is 0.439. The summed E-state index contributed by atoms with van der Waals surface area (Å²) in [6, 6.07) is 7.60. The van der Waals surface area contributed by atoms with Gasteiger partial charge < -0.3 is 20.1 Å². The van der Waals surface area contributed by atoms with Crippen LogP contribution in [-0.2, 0) is 0 Å². The zero-order valence-electron chi connectivity index (χ0n) is 13.5. The van der Waals surface area contributed by atoms with Crippen LogP contribution in [0, 0.1) is 5.92 Å². The molecule has 1 aromatic carbocycles. The second-order valence-electron chi connectivity index (χ2n) is 5.07. The fourth-order valence-corrected chi connectivity index (χ4v) is 1.64. The first-order valence-corrected chi connectivity index (χ1v) is 7.44. The predicted octanol–water partition coefficient (Wildman–Crippen LogP) is 2.29. The zero-order chi connectivity index (χ0) is 15.5. The highest BCUT2D eigenvalue weighted by atomic mass is 16.5. The summed E-state index contributed by atoms with van der Waals surface area (Å²) in [6.07, 6.45) is 0. The minimum atomic E-state index is 0.550. The SMILES string of the molecule is CCNC(=NCC(C)C)NCCOc1cccc(OC)c1. The molecule has 0 aliphatic rings. The molecule has 1 rings (SSSR count). The van der Waals surface area contributed by atoms with Crippen LogP contribution >= 0.6 is 0 Å². The average molecular weight is 293 g/mol. The van der Waals surface area contributed by atoms with E-state index >= 15 is 0 Å². The average Bonchev–Trinajstić information content (AvgIpc) is 2.49. The van der Waals surface area contributed by atoms with Crippen LogP contribution in [0.1, 0.15) is 20.8 Å². The van der Waals surface area contributed by atoms with Gasteiger partial charge in [0.1, 0.15) is 18.1 Å². The lowest BCUT2D eigenvalue weighted by Gasteiger charge is -2.13. The molecular formula is C16H27N3O2. The highest BCUT2D eigenvalue weighted by Gasteiger charge is 1.99. The van der Waals surface area contributed by atoms with Crippen LogP contribution in [-0.4, -0.2) is 39.3 Å². The Morgan fingerprint density at radius 3 is 2.67 bits per heavy atom. The van der Waals surface area contributed by atoms with Gasteiger partial charge in [0, 0.05) is 19.2 Å². The van der Waals surface area contributed by atoms with Crippen molar-refractivity contribution in [3.05, 3.63) is 24.3 Å². The van der Waals surface area contributed by atoms with Crippen LogP contribution in [0.5, 0.6) is 11.5 Å². The van der Waals surface area contributed by atoms with Crippen molar-refractivity contribution in [2.75, 3.05) is 33.4 Å². The van der Waals surface area contributed by atoms with Gasteiger partial charge in [0.25, 0.3) is 0 Å². The first-order valence-electron chi connectivity index (χ1n) is 7.44. The number of guanidine groups is 1. The van der Waals surface area contributed by atoms with Crippen LogP contribution in [0.4, 0.5) is 0 Å². The summed E-state index contributed by atoms with van der Waals surface area (Å²) in [5.74, 6) is 2.99. The summed E-state index contributed by atoms with van der Waals surface area (Å²) in [5.41, 5.74) is 0. The van der Waals surface area contributed by atoms with Crippen molar-refractivity contribution in [2.45, 2.75) is 20.8 Å². The summed E-state index contributed by atoms with van der Waals surface area (Å²) < 4.78 is 10.8. The molecule has 0 saturated carbocycles. The lowest BCUT2D eigenvalue weighted by molar-refractivity contribution is 0.319. The fraction of sp³-hybridized carbons (Fsp3) is 0.562. The largest absolute Gasteiger partial charge is 0.497 e. The maximum atomic E-state index is 5.68. The molecule has 118 valence electrons. The molecule has 5 heteroatoms. The molecule has 0 bridgehead atoms. The Balaban J connectivity index is 2.34. The standard InChI is InChI=1S/C16H27N3O2/c1-5-17-16(19-12-13(2)3)18-9-10-21-15-8-6-7-14(11-15)20-4/h6-8,11,13H,5,9-10,12H2,1-4H3,(H2,17,18,19). The molecule has 0 aliphatic carbocycles. The van der Waals surface area contributed by atoms with Crippen molar-refractivity contribution in [1.29, 1.82) is 0 Å². The van der Waals surface area contributed by atoms with Crippen LogP contribution in [0.15, 0.2) is 29.3 Å². The maximum absolute atomic E-state index is 5.68. The van der Waals surface area contributed by atoms with Gasteiger partial charge in [0.05, 0.1) is 13.7 Å². The highest BCUT2D eigenvalue weighted by Crippen LogP contribution is 2.18. The molecule has 0 spiro atoms. The van der Waals surface area contributed by atoms with Crippen LogP contribution < -0.4 is 20.1 Å². The van der Waals surface area contributed by atoms with Gasteiger partial charge in [0.15, 0.2) is 5.96 Å². The van der Waals surface area contributed by atoms with Crippen molar-refractivity contribution in [2.24, 2.45) is 10.9 Å². The first-order chi connectivity index (χ1) is 10.2. The van der Waals surface area contributed by atoms with E-state index in [2.05, 4.69) is 36.4 Å². The Labute approximate surface area is 127 Å². The summed E-state index contributed by atoms with van der Waals surface area (Å²) in [5, 5.41) is 6.48. The van der Waals surface area contributed by atoms with E-state index in [1.165, 1.54) is 0 Å². The van der Waals surface area contributed by atoms with Gasteiger partial charge in [-0.3, -0.25) is 4.99 Å². The molecule has 5 nitrogen and oxygen atoms in total. The fourth-order valence-electron chi connectivity index (χ4n) is 1.64. The molecule has 21 heavy (non-hydrogen) atoms. The van der Waals surface area contributed by atoms with Gasteiger partial charge in [0.2, 0.25) is 0 Å². The van der Waals surface area contributed by atoms with E-state index < -0.39 is 0 Å². The maximum Gasteiger partial charge on any atom is 0.191 e. The van der Waals surface area contributed by atoms with Gasteiger partial charge in [-0.25, -0.2) is 0 Å². The molecule has 0 amide bonds. The highest BCUT2D eigenvalue weighted by molar-refractivity contribution is 5.79. The van der Waals surface area contributed by atoms with Gasteiger partial charge in [-0.1, -0.05) is 19.9 Å². The Morgan fingerprint density at radius 2 is 2.00 bits per heavy atom. The van der Waals surface area contributed by atoms with Crippen molar-refractivity contribution >= 4 is 5.96 Å². The molecule has 2 N–H and O–H groups in total. The summed E-state index contributed by atoms with van der Waals surface area (Å²) >= 11 is 0. The first kappa shape index (κ1) is 17.1. The number of rotatable bonds is 8. The van der Waals surface area contributed by atoms with Gasteiger partial charge in [-0.2, -0.15) is 0 Å². The Kier molecular flexibility index (Phi) is 8.09. The second kappa shape index (κ2) is 9.91. The minimum absolute atomic E-state index is 0.550. The van der Waals surface area contributed by atoms with Crippen LogP contribution in [0.3, 0.4) is 0 Å². The number of methoxy groups -OCH3 is 1. The van der Waals surface area contributed by atoms with E-state index in [0.29, 0.717) is 19.1 Å². The van der Waals surface area contributed by atoms with E-state index in [-0.39, 0.29) is 0 Å². The third-order valence-electron chi connectivity index (χ3n) is 2.66. The number of aliphatic imine (C=N–C) groups is 1. The predicted molar refractivity (Wildman–Crippen MR) is 87.3 cm³/mol. The number of benzene rings is 1. The molecule has 0 fully saturated rings. The molecule has 0 atom stereocenters. The Morgan fingerprint density at radius 1 is 1.24 bits per heavy atom. The topological polar surface area (TPSA) is 54.9 Å². The third kappa shape index (κ3) is 7.44. The van der Waals surface area contributed by atoms with Crippen molar-refractivity contribution < 1.29 is 9.47 Å². The summed E-state index contributed by atoms with van der Waals surface area (Å²) in [4.78, 5) is 4.50. The molecule has 0 heterocycles. The Bertz CT molecular complexity index is 433. The second-order valence-corrected chi connectivity index (χ2v) is 5.07. The van der Waals surface area contributed by atoms with Crippen LogP contribution in [0.25, 0.3) is 0 Å². The third-order valence-corrected chi connectivity index (χ3v) is 2.66. The number of hydrogen-bond acceptors (Lipinski definition) is 3. The molecule has 1 aromatic rings. The molecule has 0 aliphatic heterocycles. The molecule has 0 saturated heterocycles. The number of ether oxygens (including phenoxy) is 2. The lowest BCUT2D eigenvalue weighted by atomic mass is 10.2. The van der Waals surface area contributed by atoms with Gasteiger partial charge in [-0.15, -0.1) is 0 Å². The van der Waals surface area contributed by atoms with E-state index in [0.717, 1.165) is 30.5 Å². The number of nitrogens with one attached hydrogen (secondary N) is 2. The van der Waals surface area contributed by atoms with Gasteiger partial charge in [-0.05, 0) is 25.0 Å². The molecular weight excluding hydrogens is 266 g/mol. The summed E-state index contributed by atoms with van der Waals surface area (Å²) in [7, 11) is 1.65. The Hall–Kier alpha value is -1.91. The number of nitrogens with zero attached hydrogens (tertiary/aromatic N) is 1. The normalized spacial score (nSPS) is 11.4. The zero-order valence-corrected chi connectivity index (χ0v) is 13.5. The van der Waals surface area contributed by atoms with E-state index in [4.69, 9.17) is 9.47 Å². The van der Waals surface area contributed by atoms with E-state index in [1.54, 1.807) is 7.11 Å². The van der Waals surface area contributed by atoms with Crippen LogP contribution in [0.2, 0.25) is 0 Å².